The summed E-state index contributed by atoms with van der Waals surface area (Å²) in [6, 6.07) is 13.3. The summed E-state index contributed by atoms with van der Waals surface area (Å²) >= 11 is 0. The second kappa shape index (κ2) is 15.3. The van der Waals surface area contributed by atoms with Gasteiger partial charge in [0.25, 0.3) is 5.91 Å². The van der Waals surface area contributed by atoms with Gasteiger partial charge >= 0.3 is 12.1 Å². The van der Waals surface area contributed by atoms with Gasteiger partial charge in [0.05, 0.1) is 33.0 Å². The first-order chi connectivity index (χ1) is 23.7. The number of amides is 1. The molecule has 0 bridgehead atoms. The van der Waals surface area contributed by atoms with E-state index < -0.39 is 35.3 Å². The fraction of sp³-hybridized carbons (Fsp3) is 0.486. The van der Waals surface area contributed by atoms with Crippen molar-refractivity contribution >= 4 is 17.4 Å². The molecule has 2 aromatic carbocycles. The Bertz CT molecular complexity index is 1690. The largest absolute Gasteiger partial charge is 0.497 e. The molecular formula is C37H45F3N4O6. The minimum Gasteiger partial charge on any atom is -0.497 e. The molecule has 0 N–H and O–H groups in total. The maximum absolute atomic E-state index is 15.1. The molecule has 0 radical (unpaired) electrons. The SMILES string of the molecule is CCC1=C(C(=O)OC(C)C)c2nn(Cc3ccc(OC)cc3)c(C(F)(F)F)c2C(C)(C)CN1C(=O)c1ccc(OCCN2CCOCC2)cc1. The van der Waals surface area contributed by atoms with E-state index in [0.717, 1.165) is 24.3 Å². The highest BCUT2D eigenvalue weighted by atomic mass is 19.4. The number of carbonyl (C=O) groups is 2. The highest BCUT2D eigenvalue weighted by Gasteiger charge is 2.49. The number of hydrogen-bond donors (Lipinski definition) is 0. The third kappa shape index (κ3) is 8.15. The van der Waals surface area contributed by atoms with Gasteiger partial charge in [-0.05, 0) is 62.2 Å². The minimum atomic E-state index is -4.83. The normalized spacial score (nSPS) is 16.6. The summed E-state index contributed by atoms with van der Waals surface area (Å²) in [7, 11) is 1.51. The number of methoxy groups -OCH3 is 1. The van der Waals surface area contributed by atoms with Crippen LogP contribution >= 0.6 is 0 Å². The summed E-state index contributed by atoms with van der Waals surface area (Å²) in [5, 5.41) is 4.50. The number of aromatic nitrogens is 2. The van der Waals surface area contributed by atoms with Crippen molar-refractivity contribution in [3.63, 3.8) is 0 Å². The van der Waals surface area contributed by atoms with Gasteiger partial charge in [-0.1, -0.05) is 32.9 Å². The van der Waals surface area contributed by atoms with Crippen molar-refractivity contribution < 1.29 is 41.7 Å². The number of halogens is 3. The summed E-state index contributed by atoms with van der Waals surface area (Å²) in [5.41, 5.74) is -1.65. The standard InChI is InChI=1S/C37H45F3N4O6/c1-7-29-30(35(46)50-24(2)3)32-31(33(37(38,39)40)44(41-32)22-25-8-12-27(47-6)13-9-25)36(4,5)23-43(29)34(45)26-10-14-28(15-11-26)49-21-18-42-16-19-48-20-17-42/h8-15,24H,7,16-23H2,1-6H3. The van der Waals surface area contributed by atoms with E-state index in [1.54, 1.807) is 83.1 Å². The average molecular weight is 699 g/mol. The minimum absolute atomic E-state index is 0.141. The average Bonchev–Trinajstić information content (AvgIpc) is 3.43. The van der Waals surface area contributed by atoms with Gasteiger partial charge in [0.15, 0.2) is 0 Å². The van der Waals surface area contributed by atoms with Crippen LogP contribution < -0.4 is 9.47 Å². The zero-order valence-corrected chi connectivity index (χ0v) is 29.4. The second-order valence-electron chi connectivity index (χ2n) is 13.3. The number of ether oxygens (including phenoxy) is 4. The number of nitrogens with zero attached hydrogens (tertiary/aromatic N) is 4. The maximum atomic E-state index is 15.1. The predicted molar refractivity (Wildman–Crippen MR) is 181 cm³/mol. The van der Waals surface area contributed by atoms with Gasteiger partial charge in [-0.2, -0.15) is 18.3 Å². The van der Waals surface area contributed by atoms with Crippen molar-refractivity contribution in [3.05, 3.63) is 82.3 Å². The Morgan fingerprint density at radius 1 is 1.00 bits per heavy atom. The van der Waals surface area contributed by atoms with Gasteiger partial charge in [-0.25, -0.2) is 4.79 Å². The number of alkyl halides is 3. The number of rotatable bonds is 11. The molecule has 270 valence electrons. The topological polar surface area (TPSA) is 95.4 Å². The molecule has 0 atom stereocenters. The monoisotopic (exact) mass is 698 g/mol. The molecule has 2 aliphatic heterocycles. The zero-order chi connectivity index (χ0) is 36.2. The van der Waals surface area contributed by atoms with E-state index in [2.05, 4.69) is 10.00 Å². The van der Waals surface area contributed by atoms with Gasteiger partial charge in [-0.15, -0.1) is 0 Å². The lowest BCUT2D eigenvalue weighted by atomic mass is 9.81. The molecule has 1 amide bonds. The second-order valence-corrected chi connectivity index (χ2v) is 13.3. The molecule has 3 heterocycles. The first-order valence-corrected chi connectivity index (χ1v) is 16.8. The molecule has 0 aliphatic carbocycles. The van der Waals surface area contributed by atoms with Crippen molar-refractivity contribution in [2.24, 2.45) is 0 Å². The third-order valence-electron chi connectivity index (χ3n) is 8.80. The van der Waals surface area contributed by atoms with Gasteiger partial charge in [-0.3, -0.25) is 14.4 Å². The van der Waals surface area contributed by atoms with Gasteiger partial charge in [0.1, 0.15) is 35.1 Å². The molecule has 3 aromatic rings. The van der Waals surface area contributed by atoms with Crippen LogP contribution in [-0.4, -0.2) is 90.7 Å². The van der Waals surface area contributed by atoms with E-state index in [0.29, 0.717) is 42.4 Å². The molecular weight excluding hydrogens is 653 g/mol. The van der Waals surface area contributed by atoms with Crippen LogP contribution in [-0.2, 0) is 32.4 Å². The molecule has 50 heavy (non-hydrogen) atoms. The van der Waals surface area contributed by atoms with E-state index in [1.807, 2.05) is 0 Å². The summed E-state index contributed by atoms with van der Waals surface area (Å²) in [5.74, 6) is -0.165. The Labute approximate surface area is 290 Å². The molecule has 5 rings (SSSR count). The zero-order valence-electron chi connectivity index (χ0n) is 29.4. The van der Waals surface area contributed by atoms with Crippen LogP contribution in [0.25, 0.3) is 5.57 Å². The Kier molecular flexibility index (Phi) is 11.3. The van der Waals surface area contributed by atoms with Crippen LogP contribution in [0.1, 0.15) is 73.9 Å². The molecule has 1 fully saturated rings. The molecule has 13 heteroatoms. The van der Waals surface area contributed by atoms with Crippen LogP contribution in [0.4, 0.5) is 13.2 Å². The van der Waals surface area contributed by atoms with E-state index in [1.165, 1.54) is 12.0 Å². The van der Waals surface area contributed by atoms with Crippen molar-refractivity contribution in [1.82, 2.24) is 19.6 Å². The lowest BCUT2D eigenvalue weighted by molar-refractivity contribution is -0.145. The summed E-state index contributed by atoms with van der Waals surface area (Å²) in [6.07, 6.45) is -5.25. The quantitative estimate of drug-likeness (QED) is 0.220. The highest BCUT2D eigenvalue weighted by Crippen LogP contribution is 2.46. The van der Waals surface area contributed by atoms with Crippen molar-refractivity contribution in [2.75, 3.05) is 53.1 Å². The van der Waals surface area contributed by atoms with Crippen LogP contribution in [0.5, 0.6) is 11.5 Å². The predicted octanol–water partition coefficient (Wildman–Crippen LogP) is 6.18. The lowest BCUT2D eigenvalue weighted by Gasteiger charge is -2.33. The van der Waals surface area contributed by atoms with Crippen molar-refractivity contribution in [3.8, 4) is 11.5 Å². The van der Waals surface area contributed by atoms with Crippen LogP contribution in [0, 0.1) is 0 Å². The van der Waals surface area contributed by atoms with Crippen LogP contribution in [0.15, 0.2) is 54.2 Å². The van der Waals surface area contributed by atoms with Crippen molar-refractivity contribution in [1.29, 1.82) is 0 Å². The fourth-order valence-corrected chi connectivity index (χ4v) is 6.44. The van der Waals surface area contributed by atoms with E-state index in [9.17, 15) is 9.59 Å². The number of morpholine rings is 1. The first-order valence-electron chi connectivity index (χ1n) is 16.8. The number of esters is 1. The van der Waals surface area contributed by atoms with E-state index >= 15 is 13.2 Å². The summed E-state index contributed by atoms with van der Waals surface area (Å²) in [6.45, 7) is 12.3. The Morgan fingerprint density at radius 2 is 1.64 bits per heavy atom. The third-order valence-corrected chi connectivity index (χ3v) is 8.80. The van der Waals surface area contributed by atoms with E-state index in [4.69, 9.17) is 18.9 Å². The number of carbonyl (C=O) groups excluding carboxylic acids is 2. The Balaban J connectivity index is 1.54. The number of fused-ring (bicyclic) bond motifs is 1. The number of hydrogen-bond acceptors (Lipinski definition) is 8. The van der Waals surface area contributed by atoms with Gasteiger partial charge < -0.3 is 23.8 Å². The molecule has 10 nitrogen and oxygen atoms in total. The smallest absolute Gasteiger partial charge is 0.433 e. The van der Waals surface area contributed by atoms with Crippen LogP contribution in [0.3, 0.4) is 0 Å². The molecule has 0 saturated carbocycles. The van der Waals surface area contributed by atoms with Gasteiger partial charge in [0, 0.05) is 48.4 Å². The fourth-order valence-electron chi connectivity index (χ4n) is 6.44. The molecule has 0 spiro atoms. The highest BCUT2D eigenvalue weighted by molar-refractivity contribution is 6.18. The number of allylic oxidation sites excluding steroid dienone is 1. The number of benzene rings is 2. The van der Waals surface area contributed by atoms with E-state index in [-0.39, 0.29) is 42.0 Å². The van der Waals surface area contributed by atoms with Crippen molar-refractivity contribution in [2.45, 2.75) is 65.3 Å². The Hall–Kier alpha value is -4.36. The summed E-state index contributed by atoms with van der Waals surface area (Å²) in [4.78, 5) is 31.8. The molecule has 0 unspecified atom stereocenters. The maximum Gasteiger partial charge on any atom is 0.433 e. The van der Waals surface area contributed by atoms with Crippen LogP contribution in [0.2, 0.25) is 0 Å². The molecule has 1 aromatic heterocycles. The summed E-state index contributed by atoms with van der Waals surface area (Å²) < 4.78 is 68.4. The lowest BCUT2D eigenvalue weighted by Crippen LogP contribution is -2.40. The van der Waals surface area contributed by atoms with Gasteiger partial charge in [0.2, 0.25) is 0 Å². The molecule has 2 aliphatic rings. The Morgan fingerprint density at radius 3 is 2.22 bits per heavy atom. The molecule has 1 saturated heterocycles. The first kappa shape index (κ1) is 36.9.